The first-order valence-electron chi connectivity index (χ1n) is 4.38. The van der Waals surface area contributed by atoms with Crippen LogP contribution in [-0.2, 0) is 0 Å². The van der Waals surface area contributed by atoms with E-state index in [1.54, 1.807) is 6.20 Å². The van der Waals surface area contributed by atoms with E-state index in [1.165, 1.54) is 0 Å². The Bertz CT molecular complexity index is 303. The monoisotopic (exact) mass is 197 g/mol. The fourth-order valence-corrected chi connectivity index (χ4v) is 1.83. The van der Waals surface area contributed by atoms with E-state index in [4.69, 9.17) is 17.3 Å². The van der Waals surface area contributed by atoms with Gasteiger partial charge in [0, 0.05) is 25.3 Å². The van der Waals surface area contributed by atoms with Crippen molar-refractivity contribution in [3.05, 3.63) is 23.4 Å². The number of pyridine rings is 1. The average Bonchev–Trinajstić information content (AvgIpc) is 2.53. The highest BCUT2D eigenvalue weighted by Crippen LogP contribution is 2.24. The third kappa shape index (κ3) is 1.76. The molecule has 4 heteroatoms. The van der Waals surface area contributed by atoms with E-state index in [1.807, 2.05) is 12.1 Å². The van der Waals surface area contributed by atoms with Crippen molar-refractivity contribution < 1.29 is 0 Å². The molecule has 0 bridgehead atoms. The summed E-state index contributed by atoms with van der Waals surface area (Å²) in [6, 6.07) is 3.95. The average molecular weight is 198 g/mol. The van der Waals surface area contributed by atoms with E-state index < -0.39 is 0 Å². The molecular formula is C9H12ClN3. The lowest BCUT2D eigenvalue weighted by Crippen LogP contribution is -2.26. The first-order chi connectivity index (χ1) is 6.27. The van der Waals surface area contributed by atoms with Crippen LogP contribution in [0.3, 0.4) is 0 Å². The number of anilines is 1. The minimum absolute atomic E-state index is 0.262. The number of aromatic nitrogens is 1. The molecule has 0 aliphatic carbocycles. The molecule has 1 saturated heterocycles. The number of nitrogens with zero attached hydrogens (tertiary/aromatic N) is 2. The van der Waals surface area contributed by atoms with Crippen molar-refractivity contribution in [2.75, 3.05) is 18.0 Å². The van der Waals surface area contributed by atoms with Gasteiger partial charge in [-0.25, -0.2) is 4.98 Å². The largest absolute Gasteiger partial charge is 0.354 e. The molecule has 70 valence electrons. The fraction of sp³-hybridized carbons (Fsp3) is 0.444. The van der Waals surface area contributed by atoms with Crippen LogP contribution in [0, 0.1) is 0 Å². The van der Waals surface area contributed by atoms with Crippen molar-refractivity contribution >= 4 is 17.4 Å². The second kappa shape index (κ2) is 3.52. The number of hydrogen-bond acceptors (Lipinski definition) is 3. The standard InChI is InChI=1S/C9H12ClN3/c10-8-2-1-4-12-9(8)13-5-3-7(11)6-13/h1-2,4,7H,3,5-6,11H2/t7-/m1/s1. The topological polar surface area (TPSA) is 42.1 Å². The first-order valence-corrected chi connectivity index (χ1v) is 4.76. The molecule has 1 aliphatic heterocycles. The lowest BCUT2D eigenvalue weighted by molar-refractivity contribution is 0.751. The van der Waals surface area contributed by atoms with Gasteiger partial charge in [0.1, 0.15) is 5.82 Å². The summed E-state index contributed by atoms with van der Waals surface area (Å²) < 4.78 is 0. The van der Waals surface area contributed by atoms with Crippen molar-refractivity contribution in [1.29, 1.82) is 0 Å². The minimum Gasteiger partial charge on any atom is -0.354 e. The summed E-state index contributed by atoms with van der Waals surface area (Å²) in [5.74, 6) is 0.858. The maximum atomic E-state index is 6.01. The third-order valence-electron chi connectivity index (χ3n) is 2.26. The number of nitrogens with two attached hydrogens (primary N) is 1. The van der Waals surface area contributed by atoms with Crippen LogP contribution in [0.5, 0.6) is 0 Å². The van der Waals surface area contributed by atoms with Crippen molar-refractivity contribution in [1.82, 2.24) is 4.98 Å². The van der Waals surface area contributed by atoms with Crippen LogP contribution < -0.4 is 10.6 Å². The zero-order chi connectivity index (χ0) is 9.26. The molecule has 2 heterocycles. The van der Waals surface area contributed by atoms with Gasteiger partial charge in [0.05, 0.1) is 5.02 Å². The van der Waals surface area contributed by atoms with Gasteiger partial charge in [0.15, 0.2) is 0 Å². The van der Waals surface area contributed by atoms with Crippen molar-refractivity contribution in [3.63, 3.8) is 0 Å². The molecule has 2 N–H and O–H groups in total. The first kappa shape index (κ1) is 8.78. The second-order valence-electron chi connectivity index (χ2n) is 3.30. The maximum absolute atomic E-state index is 6.01. The molecule has 1 fully saturated rings. The van der Waals surface area contributed by atoms with Crippen molar-refractivity contribution in [3.8, 4) is 0 Å². The number of rotatable bonds is 1. The molecule has 3 nitrogen and oxygen atoms in total. The summed E-state index contributed by atoms with van der Waals surface area (Å²) in [5.41, 5.74) is 5.80. The summed E-state index contributed by atoms with van der Waals surface area (Å²) in [7, 11) is 0. The predicted octanol–water partition coefficient (Wildman–Crippen LogP) is 1.27. The normalized spacial score (nSPS) is 22.3. The van der Waals surface area contributed by atoms with Crippen LogP contribution >= 0.6 is 11.6 Å². The van der Waals surface area contributed by atoms with Gasteiger partial charge in [0.25, 0.3) is 0 Å². The predicted molar refractivity (Wildman–Crippen MR) is 54.1 cm³/mol. The molecule has 0 aromatic carbocycles. The maximum Gasteiger partial charge on any atom is 0.147 e. The summed E-state index contributed by atoms with van der Waals surface area (Å²) >= 11 is 6.01. The van der Waals surface area contributed by atoms with Crippen molar-refractivity contribution in [2.24, 2.45) is 5.73 Å². The van der Waals surface area contributed by atoms with Gasteiger partial charge in [0.2, 0.25) is 0 Å². The van der Waals surface area contributed by atoms with E-state index in [0.29, 0.717) is 5.02 Å². The van der Waals surface area contributed by atoms with E-state index in [0.717, 1.165) is 25.3 Å². The minimum atomic E-state index is 0.262. The lowest BCUT2D eigenvalue weighted by Gasteiger charge is -2.17. The molecule has 1 aromatic rings. The van der Waals surface area contributed by atoms with Gasteiger partial charge in [-0.15, -0.1) is 0 Å². The van der Waals surface area contributed by atoms with Gasteiger partial charge in [-0.05, 0) is 18.6 Å². The molecule has 1 aromatic heterocycles. The van der Waals surface area contributed by atoms with Gasteiger partial charge in [-0.1, -0.05) is 11.6 Å². The molecule has 1 aliphatic rings. The second-order valence-corrected chi connectivity index (χ2v) is 3.71. The summed E-state index contributed by atoms with van der Waals surface area (Å²) in [4.78, 5) is 6.37. The Morgan fingerprint density at radius 3 is 3.08 bits per heavy atom. The molecule has 0 saturated carbocycles. The van der Waals surface area contributed by atoms with Gasteiger partial charge in [-0.2, -0.15) is 0 Å². The molecular weight excluding hydrogens is 186 g/mol. The quantitative estimate of drug-likeness (QED) is 0.738. The lowest BCUT2D eigenvalue weighted by atomic mass is 10.3. The zero-order valence-corrected chi connectivity index (χ0v) is 8.04. The Morgan fingerprint density at radius 2 is 2.46 bits per heavy atom. The van der Waals surface area contributed by atoms with Crippen LogP contribution in [0.1, 0.15) is 6.42 Å². The molecule has 13 heavy (non-hydrogen) atoms. The summed E-state index contributed by atoms with van der Waals surface area (Å²) in [6.07, 6.45) is 2.78. The highest BCUT2D eigenvalue weighted by molar-refractivity contribution is 6.32. The van der Waals surface area contributed by atoms with E-state index in [-0.39, 0.29) is 6.04 Å². The van der Waals surface area contributed by atoms with Crippen LogP contribution in [0.25, 0.3) is 0 Å². The molecule has 0 amide bonds. The Hall–Kier alpha value is -0.800. The Balaban J connectivity index is 2.21. The SMILES string of the molecule is N[C@@H]1CCN(c2ncccc2Cl)C1. The Morgan fingerprint density at radius 1 is 1.62 bits per heavy atom. The third-order valence-corrected chi connectivity index (χ3v) is 2.56. The van der Waals surface area contributed by atoms with Gasteiger partial charge < -0.3 is 10.6 Å². The van der Waals surface area contributed by atoms with E-state index >= 15 is 0 Å². The molecule has 0 radical (unpaired) electrons. The Labute approximate surface area is 82.5 Å². The fourth-order valence-electron chi connectivity index (χ4n) is 1.59. The summed E-state index contributed by atoms with van der Waals surface area (Å²) in [5, 5.41) is 0.705. The molecule has 1 atom stereocenters. The molecule has 2 rings (SSSR count). The summed E-state index contributed by atoms with van der Waals surface area (Å²) in [6.45, 7) is 1.81. The van der Waals surface area contributed by atoms with Crippen LogP contribution in [0.4, 0.5) is 5.82 Å². The van der Waals surface area contributed by atoms with Crippen LogP contribution in [0.2, 0.25) is 5.02 Å². The number of hydrogen-bond donors (Lipinski definition) is 1. The van der Waals surface area contributed by atoms with Gasteiger partial charge in [-0.3, -0.25) is 0 Å². The van der Waals surface area contributed by atoms with Gasteiger partial charge >= 0.3 is 0 Å². The highest BCUT2D eigenvalue weighted by atomic mass is 35.5. The Kier molecular flexibility index (Phi) is 2.38. The highest BCUT2D eigenvalue weighted by Gasteiger charge is 2.21. The molecule has 0 spiro atoms. The smallest absolute Gasteiger partial charge is 0.147 e. The number of halogens is 1. The zero-order valence-electron chi connectivity index (χ0n) is 7.28. The molecule has 0 unspecified atom stereocenters. The van der Waals surface area contributed by atoms with Crippen LogP contribution in [-0.4, -0.2) is 24.1 Å². The van der Waals surface area contributed by atoms with Crippen molar-refractivity contribution in [2.45, 2.75) is 12.5 Å². The van der Waals surface area contributed by atoms with E-state index in [9.17, 15) is 0 Å². The van der Waals surface area contributed by atoms with E-state index in [2.05, 4.69) is 9.88 Å². The van der Waals surface area contributed by atoms with Crippen LogP contribution in [0.15, 0.2) is 18.3 Å².